The third-order valence-electron chi connectivity index (χ3n) is 4.51. The molecule has 1 aliphatic heterocycles. The number of aliphatic hydroxyl groups is 1. The van der Waals surface area contributed by atoms with E-state index in [-0.39, 0.29) is 16.9 Å². The van der Waals surface area contributed by atoms with E-state index < -0.39 is 10.0 Å². The Morgan fingerprint density at radius 3 is 2.95 bits per heavy atom. The van der Waals surface area contributed by atoms with Crippen LogP contribution in [0.2, 0.25) is 0 Å². The van der Waals surface area contributed by atoms with Crippen molar-refractivity contribution in [2.24, 2.45) is 11.8 Å². The van der Waals surface area contributed by atoms with E-state index in [1.807, 2.05) is 6.92 Å². The van der Waals surface area contributed by atoms with Gasteiger partial charge in [-0.15, -0.1) is 0 Å². The molecule has 21 heavy (non-hydrogen) atoms. The Morgan fingerprint density at radius 1 is 1.43 bits per heavy atom. The van der Waals surface area contributed by atoms with Gasteiger partial charge in [-0.25, -0.2) is 13.4 Å². The number of aliphatic hydroxyl groups excluding tert-OH is 1. The molecule has 0 amide bonds. The first-order chi connectivity index (χ1) is 10.0. The molecule has 1 aromatic rings. The number of aromatic nitrogens is 1. The number of fused-ring (bicyclic) bond motifs is 1. The van der Waals surface area contributed by atoms with Crippen molar-refractivity contribution < 1.29 is 13.5 Å². The monoisotopic (exact) mass is 311 g/mol. The van der Waals surface area contributed by atoms with Crippen LogP contribution in [-0.2, 0) is 10.0 Å². The largest absolute Gasteiger partial charge is 0.393 e. The molecule has 0 bridgehead atoms. The minimum absolute atomic E-state index is 0.0925. The van der Waals surface area contributed by atoms with E-state index >= 15 is 0 Å². The van der Waals surface area contributed by atoms with Gasteiger partial charge < -0.3 is 10.4 Å². The topological polar surface area (TPSA) is 82.5 Å². The Hall–Kier alpha value is -1.18. The second-order valence-electron chi connectivity index (χ2n) is 5.80. The Labute approximate surface area is 125 Å². The highest BCUT2D eigenvalue weighted by atomic mass is 32.2. The maximum absolute atomic E-state index is 12.7. The normalized spacial score (nSPS) is 29.5. The zero-order valence-corrected chi connectivity index (χ0v) is 12.9. The van der Waals surface area contributed by atoms with Crippen molar-refractivity contribution in [3.8, 4) is 0 Å². The van der Waals surface area contributed by atoms with Crippen LogP contribution in [0.5, 0.6) is 0 Å². The van der Waals surface area contributed by atoms with Gasteiger partial charge in [0, 0.05) is 37.8 Å². The molecular formula is C14H21N3O3S. The van der Waals surface area contributed by atoms with E-state index in [2.05, 4.69) is 10.3 Å². The number of hydrogen-bond donors (Lipinski definition) is 2. The van der Waals surface area contributed by atoms with Crippen LogP contribution in [0.1, 0.15) is 19.8 Å². The molecule has 0 radical (unpaired) electrons. The average molecular weight is 311 g/mol. The minimum Gasteiger partial charge on any atom is -0.393 e. The standard InChI is InChI=1S/C14H21N3O3S/c1-2-15-14-7-11(5-6-16-14)21(19,20)17-8-10-3-4-13(18)12(10)9-17/h5-7,10,12-13,18H,2-4,8-9H2,1H3,(H,15,16). The van der Waals surface area contributed by atoms with Crippen LogP contribution in [0.25, 0.3) is 0 Å². The molecule has 1 saturated carbocycles. The predicted octanol–water partition coefficient (Wildman–Crippen LogP) is 0.905. The third kappa shape index (κ3) is 2.65. The van der Waals surface area contributed by atoms with Gasteiger partial charge in [-0.3, -0.25) is 0 Å². The number of sulfonamides is 1. The molecule has 1 aliphatic carbocycles. The van der Waals surface area contributed by atoms with Crippen LogP contribution >= 0.6 is 0 Å². The molecular weight excluding hydrogens is 290 g/mol. The number of hydrogen-bond acceptors (Lipinski definition) is 5. The first-order valence-corrected chi connectivity index (χ1v) is 8.84. The lowest BCUT2D eigenvalue weighted by Crippen LogP contribution is -2.31. The molecule has 3 rings (SSSR count). The molecule has 116 valence electrons. The summed E-state index contributed by atoms with van der Waals surface area (Å²) in [6, 6.07) is 3.10. The van der Waals surface area contributed by atoms with Crippen LogP contribution in [0.15, 0.2) is 23.2 Å². The highest BCUT2D eigenvalue weighted by Gasteiger charge is 2.45. The van der Waals surface area contributed by atoms with Gasteiger partial charge in [-0.1, -0.05) is 0 Å². The van der Waals surface area contributed by atoms with Crippen molar-refractivity contribution in [1.29, 1.82) is 0 Å². The van der Waals surface area contributed by atoms with Gasteiger partial charge in [-0.05, 0) is 31.7 Å². The van der Waals surface area contributed by atoms with Gasteiger partial charge in [0.2, 0.25) is 10.0 Å². The molecule has 3 unspecified atom stereocenters. The van der Waals surface area contributed by atoms with Crippen LogP contribution < -0.4 is 5.32 Å². The molecule has 6 nitrogen and oxygen atoms in total. The van der Waals surface area contributed by atoms with Gasteiger partial charge >= 0.3 is 0 Å². The van der Waals surface area contributed by atoms with Gasteiger partial charge in [0.15, 0.2) is 0 Å². The predicted molar refractivity (Wildman–Crippen MR) is 79.4 cm³/mol. The first kappa shape index (κ1) is 14.7. The molecule has 7 heteroatoms. The van der Waals surface area contributed by atoms with E-state index in [0.29, 0.717) is 31.4 Å². The number of anilines is 1. The van der Waals surface area contributed by atoms with Crippen molar-refractivity contribution in [1.82, 2.24) is 9.29 Å². The molecule has 2 fully saturated rings. The summed E-state index contributed by atoms with van der Waals surface area (Å²) in [6.07, 6.45) is 2.86. The summed E-state index contributed by atoms with van der Waals surface area (Å²) in [6.45, 7) is 3.57. The fraction of sp³-hybridized carbons (Fsp3) is 0.643. The molecule has 3 atom stereocenters. The van der Waals surface area contributed by atoms with Gasteiger partial charge in [-0.2, -0.15) is 4.31 Å². The SMILES string of the molecule is CCNc1cc(S(=O)(=O)N2CC3CCC(O)C3C2)ccn1. The Balaban J connectivity index is 1.83. The highest BCUT2D eigenvalue weighted by Crippen LogP contribution is 2.40. The summed E-state index contributed by atoms with van der Waals surface area (Å²) in [5.41, 5.74) is 0. The van der Waals surface area contributed by atoms with Gasteiger partial charge in [0.05, 0.1) is 11.0 Å². The second kappa shape index (κ2) is 5.55. The fourth-order valence-electron chi connectivity index (χ4n) is 3.39. The van der Waals surface area contributed by atoms with Crippen molar-refractivity contribution in [2.75, 3.05) is 25.0 Å². The summed E-state index contributed by atoms with van der Waals surface area (Å²) >= 11 is 0. The molecule has 1 aromatic heterocycles. The number of nitrogens with one attached hydrogen (secondary N) is 1. The Bertz CT molecular complexity index is 620. The number of nitrogens with zero attached hydrogens (tertiary/aromatic N) is 2. The smallest absolute Gasteiger partial charge is 0.243 e. The summed E-state index contributed by atoms with van der Waals surface area (Å²) in [5.74, 6) is 0.956. The Morgan fingerprint density at radius 2 is 2.24 bits per heavy atom. The quantitative estimate of drug-likeness (QED) is 0.863. The highest BCUT2D eigenvalue weighted by molar-refractivity contribution is 7.89. The lowest BCUT2D eigenvalue weighted by Gasteiger charge is -2.18. The fourth-order valence-corrected chi connectivity index (χ4v) is 4.94. The van der Waals surface area contributed by atoms with Crippen molar-refractivity contribution >= 4 is 15.8 Å². The maximum atomic E-state index is 12.7. The third-order valence-corrected chi connectivity index (χ3v) is 6.34. The summed E-state index contributed by atoms with van der Waals surface area (Å²) in [7, 11) is -3.50. The van der Waals surface area contributed by atoms with E-state index in [4.69, 9.17) is 0 Å². The van der Waals surface area contributed by atoms with E-state index in [1.54, 1.807) is 6.07 Å². The van der Waals surface area contributed by atoms with Crippen LogP contribution in [0.3, 0.4) is 0 Å². The van der Waals surface area contributed by atoms with Crippen molar-refractivity contribution in [2.45, 2.75) is 30.8 Å². The van der Waals surface area contributed by atoms with Crippen LogP contribution in [0, 0.1) is 11.8 Å². The number of pyridine rings is 1. The van der Waals surface area contributed by atoms with E-state index in [9.17, 15) is 13.5 Å². The molecule has 2 aliphatic rings. The Kier molecular flexibility index (Phi) is 3.90. The minimum atomic E-state index is -3.50. The van der Waals surface area contributed by atoms with Gasteiger partial charge in [0.25, 0.3) is 0 Å². The molecule has 2 N–H and O–H groups in total. The van der Waals surface area contributed by atoms with Gasteiger partial charge in [0.1, 0.15) is 5.82 Å². The second-order valence-corrected chi connectivity index (χ2v) is 7.74. The first-order valence-electron chi connectivity index (χ1n) is 7.40. The molecule has 0 aromatic carbocycles. The van der Waals surface area contributed by atoms with Crippen molar-refractivity contribution in [3.05, 3.63) is 18.3 Å². The van der Waals surface area contributed by atoms with E-state index in [0.717, 1.165) is 12.8 Å². The lowest BCUT2D eigenvalue weighted by molar-refractivity contribution is 0.129. The number of rotatable bonds is 4. The summed E-state index contributed by atoms with van der Waals surface area (Å²) < 4.78 is 26.9. The van der Waals surface area contributed by atoms with Crippen molar-refractivity contribution in [3.63, 3.8) is 0 Å². The molecule has 1 saturated heterocycles. The zero-order valence-electron chi connectivity index (χ0n) is 12.1. The average Bonchev–Trinajstić information content (AvgIpc) is 3.03. The van der Waals surface area contributed by atoms with Crippen LogP contribution in [0.4, 0.5) is 5.82 Å². The summed E-state index contributed by atoms with van der Waals surface area (Å²) in [5, 5.41) is 12.9. The zero-order chi connectivity index (χ0) is 15.0. The molecule has 0 spiro atoms. The van der Waals surface area contributed by atoms with E-state index in [1.165, 1.54) is 16.6 Å². The maximum Gasteiger partial charge on any atom is 0.243 e. The lowest BCUT2D eigenvalue weighted by atomic mass is 10.00. The molecule has 2 heterocycles. The summed E-state index contributed by atoms with van der Waals surface area (Å²) in [4.78, 5) is 4.37. The van der Waals surface area contributed by atoms with Crippen LogP contribution in [-0.4, -0.2) is 48.6 Å².